The van der Waals surface area contributed by atoms with E-state index < -0.39 is 36.5 Å². The highest BCUT2D eigenvalue weighted by Crippen LogP contribution is 2.40. The van der Waals surface area contributed by atoms with Crippen molar-refractivity contribution in [3.8, 4) is 5.75 Å². The van der Waals surface area contributed by atoms with Crippen molar-refractivity contribution in [3.05, 3.63) is 78.3 Å². The topological polar surface area (TPSA) is 81.1 Å². The second-order valence-electron chi connectivity index (χ2n) is 7.08. The van der Waals surface area contributed by atoms with Crippen LogP contribution in [0.25, 0.3) is 0 Å². The Morgan fingerprint density at radius 3 is 2.39 bits per heavy atom. The van der Waals surface area contributed by atoms with Gasteiger partial charge in [0.25, 0.3) is 5.82 Å². The SMILES string of the molecule is C=C1Nc2nc(C(F)(F)F)nn2[C@H](c2ccc(OC(F)F)cc2)[C@H]1C(=O)Nc1ccccc1. The molecule has 2 N–H and O–H groups in total. The number of nitrogens with zero attached hydrogens (tertiary/aromatic N) is 3. The Kier molecular flexibility index (Phi) is 5.75. The fourth-order valence-electron chi connectivity index (χ4n) is 3.50. The van der Waals surface area contributed by atoms with Gasteiger partial charge in [0, 0.05) is 11.4 Å². The van der Waals surface area contributed by atoms with Gasteiger partial charge in [-0.1, -0.05) is 36.9 Å². The number of nitrogens with one attached hydrogen (secondary N) is 2. The molecule has 172 valence electrons. The van der Waals surface area contributed by atoms with E-state index in [4.69, 9.17) is 0 Å². The van der Waals surface area contributed by atoms with Crippen LogP contribution in [0, 0.1) is 5.92 Å². The van der Waals surface area contributed by atoms with Crippen LogP contribution in [0.5, 0.6) is 5.75 Å². The Morgan fingerprint density at radius 1 is 1.12 bits per heavy atom. The molecular weight excluding hydrogens is 449 g/mol. The third-order valence-electron chi connectivity index (χ3n) is 4.88. The largest absolute Gasteiger partial charge is 0.453 e. The number of rotatable bonds is 5. The first-order valence-electron chi connectivity index (χ1n) is 9.53. The highest BCUT2D eigenvalue weighted by atomic mass is 19.4. The van der Waals surface area contributed by atoms with Gasteiger partial charge in [0.15, 0.2) is 0 Å². The average Bonchev–Trinajstić information content (AvgIpc) is 3.18. The van der Waals surface area contributed by atoms with E-state index in [0.29, 0.717) is 11.3 Å². The van der Waals surface area contributed by atoms with Crippen LogP contribution in [0.4, 0.5) is 33.6 Å². The Morgan fingerprint density at radius 2 is 1.79 bits per heavy atom. The normalized spacial score (nSPS) is 17.9. The third kappa shape index (κ3) is 4.64. The lowest BCUT2D eigenvalue weighted by Gasteiger charge is -2.33. The lowest BCUT2D eigenvalue weighted by atomic mass is 9.88. The molecule has 2 aromatic carbocycles. The quantitative estimate of drug-likeness (QED) is 0.535. The van der Waals surface area contributed by atoms with Crippen molar-refractivity contribution < 1.29 is 31.5 Å². The van der Waals surface area contributed by atoms with E-state index in [0.717, 1.165) is 4.68 Å². The molecule has 33 heavy (non-hydrogen) atoms. The number of hydrogen-bond donors (Lipinski definition) is 2. The lowest BCUT2D eigenvalue weighted by Crippen LogP contribution is -2.39. The number of amides is 1. The standard InChI is InChI=1S/C21H16F5N5O2/c1-11-15(17(32)28-13-5-3-2-4-6-13)16(12-7-9-14(10-8-12)33-19(22)23)31-20(27-11)29-18(30-31)21(24,25)26/h2-10,15-16,19H,1H2,(H,28,32)(H,27,29,30)/t15-,16+/m0/s1. The molecule has 2 heterocycles. The van der Waals surface area contributed by atoms with Crippen molar-refractivity contribution in [3.63, 3.8) is 0 Å². The lowest BCUT2D eigenvalue weighted by molar-refractivity contribution is -0.145. The van der Waals surface area contributed by atoms with Gasteiger partial charge in [-0.05, 0) is 29.8 Å². The number of hydrogen-bond acceptors (Lipinski definition) is 5. The molecule has 2 atom stereocenters. The van der Waals surface area contributed by atoms with Gasteiger partial charge >= 0.3 is 12.8 Å². The van der Waals surface area contributed by atoms with E-state index in [9.17, 15) is 26.7 Å². The minimum Gasteiger partial charge on any atom is -0.435 e. The fraction of sp³-hybridized carbons (Fsp3) is 0.190. The fourth-order valence-corrected chi connectivity index (χ4v) is 3.50. The summed E-state index contributed by atoms with van der Waals surface area (Å²) >= 11 is 0. The summed E-state index contributed by atoms with van der Waals surface area (Å²) < 4.78 is 70.0. The summed E-state index contributed by atoms with van der Waals surface area (Å²) in [6.45, 7) is 0.757. The maximum atomic E-state index is 13.3. The van der Waals surface area contributed by atoms with Crippen LogP contribution in [-0.2, 0) is 11.0 Å². The highest BCUT2D eigenvalue weighted by molar-refractivity contribution is 5.95. The molecule has 1 aliphatic rings. The van der Waals surface area contributed by atoms with Gasteiger partial charge in [-0.15, -0.1) is 5.10 Å². The van der Waals surface area contributed by atoms with Crippen LogP contribution in [0.15, 0.2) is 66.9 Å². The average molecular weight is 465 g/mol. The van der Waals surface area contributed by atoms with E-state index in [1.807, 2.05) is 0 Å². The number of alkyl halides is 5. The number of benzene rings is 2. The molecule has 1 aliphatic heterocycles. The van der Waals surface area contributed by atoms with Crippen LogP contribution < -0.4 is 15.4 Å². The van der Waals surface area contributed by atoms with Crippen molar-refractivity contribution in [1.82, 2.24) is 14.8 Å². The van der Waals surface area contributed by atoms with Gasteiger partial charge < -0.3 is 15.4 Å². The molecule has 3 aromatic rings. The zero-order valence-corrected chi connectivity index (χ0v) is 16.7. The predicted octanol–water partition coefficient (Wildman–Crippen LogP) is 4.68. The highest BCUT2D eigenvalue weighted by Gasteiger charge is 2.44. The molecule has 4 rings (SSSR count). The number of anilines is 2. The molecule has 0 fully saturated rings. The second kappa shape index (κ2) is 8.52. The number of halogens is 5. The zero-order valence-electron chi connectivity index (χ0n) is 16.7. The number of ether oxygens (including phenoxy) is 1. The van der Waals surface area contributed by atoms with Gasteiger partial charge in [0.2, 0.25) is 11.9 Å². The Hall–Kier alpha value is -3.96. The summed E-state index contributed by atoms with van der Waals surface area (Å²) in [5, 5.41) is 8.89. The Balaban J connectivity index is 1.76. The molecule has 0 spiro atoms. The molecule has 0 saturated carbocycles. The van der Waals surface area contributed by atoms with Gasteiger partial charge in [-0.2, -0.15) is 26.9 Å². The van der Waals surface area contributed by atoms with Crippen molar-refractivity contribution in [1.29, 1.82) is 0 Å². The van der Waals surface area contributed by atoms with Crippen molar-refractivity contribution in [2.75, 3.05) is 10.6 Å². The summed E-state index contributed by atoms with van der Waals surface area (Å²) in [6.07, 6.45) is -4.82. The Bertz CT molecular complexity index is 1160. The van der Waals surface area contributed by atoms with Crippen LogP contribution >= 0.6 is 0 Å². The van der Waals surface area contributed by atoms with Crippen LogP contribution in [0.3, 0.4) is 0 Å². The first kappa shape index (κ1) is 22.2. The van der Waals surface area contributed by atoms with E-state index >= 15 is 0 Å². The molecule has 0 aliphatic carbocycles. The first-order chi connectivity index (χ1) is 15.6. The summed E-state index contributed by atoms with van der Waals surface area (Å²) in [5.41, 5.74) is 0.873. The van der Waals surface area contributed by atoms with E-state index in [-0.39, 0.29) is 17.4 Å². The monoisotopic (exact) mass is 465 g/mol. The minimum atomic E-state index is -4.82. The molecule has 0 radical (unpaired) electrons. The molecule has 1 amide bonds. The summed E-state index contributed by atoms with van der Waals surface area (Å²) in [4.78, 5) is 16.7. The van der Waals surface area contributed by atoms with E-state index in [1.165, 1.54) is 24.3 Å². The summed E-state index contributed by atoms with van der Waals surface area (Å²) in [5.74, 6) is -3.48. The van der Waals surface area contributed by atoms with Crippen LogP contribution in [0.2, 0.25) is 0 Å². The zero-order chi connectivity index (χ0) is 23.8. The number of para-hydroxylation sites is 1. The number of aromatic nitrogens is 3. The van der Waals surface area contributed by atoms with Gasteiger partial charge in [-0.25, -0.2) is 4.68 Å². The predicted molar refractivity (Wildman–Crippen MR) is 108 cm³/mol. The summed E-state index contributed by atoms with van der Waals surface area (Å²) in [6, 6.07) is 12.5. The van der Waals surface area contributed by atoms with Gasteiger partial charge in [0.1, 0.15) is 11.7 Å². The maximum absolute atomic E-state index is 13.3. The number of fused-ring (bicyclic) bond motifs is 1. The van der Waals surface area contributed by atoms with E-state index in [1.54, 1.807) is 30.3 Å². The van der Waals surface area contributed by atoms with Crippen molar-refractivity contribution >= 4 is 17.5 Å². The van der Waals surface area contributed by atoms with Gasteiger partial charge in [0.05, 0.1) is 6.04 Å². The van der Waals surface area contributed by atoms with Crippen molar-refractivity contribution in [2.45, 2.75) is 18.8 Å². The third-order valence-corrected chi connectivity index (χ3v) is 4.88. The van der Waals surface area contributed by atoms with Crippen LogP contribution in [-0.4, -0.2) is 27.3 Å². The molecular formula is C21H16F5N5O2. The molecule has 0 bridgehead atoms. The second-order valence-corrected chi connectivity index (χ2v) is 7.08. The number of carbonyl (C=O) groups is 1. The number of carbonyl (C=O) groups excluding carboxylic acids is 1. The van der Waals surface area contributed by atoms with Crippen molar-refractivity contribution in [2.24, 2.45) is 5.92 Å². The minimum absolute atomic E-state index is 0.0926. The molecule has 7 nitrogen and oxygen atoms in total. The smallest absolute Gasteiger partial charge is 0.435 e. The molecule has 0 unspecified atom stereocenters. The first-order valence-corrected chi connectivity index (χ1v) is 9.53. The van der Waals surface area contributed by atoms with E-state index in [2.05, 4.69) is 32.0 Å². The summed E-state index contributed by atoms with van der Waals surface area (Å²) in [7, 11) is 0. The molecule has 1 aromatic heterocycles. The van der Waals surface area contributed by atoms with Crippen LogP contribution in [0.1, 0.15) is 17.4 Å². The molecule has 0 saturated heterocycles. The maximum Gasteiger partial charge on any atom is 0.453 e. The molecule has 12 heteroatoms. The Labute approximate surface area is 183 Å². The van der Waals surface area contributed by atoms with Gasteiger partial charge in [-0.3, -0.25) is 4.79 Å².